The summed E-state index contributed by atoms with van der Waals surface area (Å²) in [7, 11) is 0. The van der Waals surface area contributed by atoms with E-state index in [9.17, 15) is 14.3 Å². The Morgan fingerprint density at radius 2 is 2.38 bits per heavy atom. The van der Waals surface area contributed by atoms with Crippen molar-refractivity contribution in [3.63, 3.8) is 0 Å². The molecule has 8 heteroatoms. The van der Waals surface area contributed by atoms with Crippen molar-refractivity contribution in [2.24, 2.45) is 0 Å². The van der Waals surface area contributed by atoms with Gasteiger partial charge < -0.3 is 9.63 Å². The molecule has 0 saturated carbocycles. The molecular weight excluding hydrogens is 269 g/mol. The van der Waals surface area contributed by atoms with Crippen LogP contribution in [0.4, 0.5) is 4.79 Å². The van der Waals surface area contributed by atoms with Gasteiger partial charge in [-0.25, -0.2) is 9.46 Å². The number of carbonyl (C=O) groups is 1. The predicted molar refractivity (Wildman–Crippen MR) is 67.7 cm³/mol. The molecule has 0 radical (unpaired) electrons. The molecule has 1 aliphatic heterocycles. The number of thioether (sulfide) groups is 1. The van der Waals surface area contributed by atoms with E-state index in [4.69, 9.17) is 4.74 Å². The van der Waals surface area contributed by atoms with Crippen LogP contribution < -0.4 is 0 Å². The van der Waals surface area contributed by atoms with Crippen molar-refractivity contribution in [1.29, 1.82) is 0 Å². The molecule has 0 aromatic heterocycles. The van der Waals surface area contributed by atoms with Gasteiger partial charge in [0.05, 0.1) is 6.54 Å². The first-order valence-electron chi connectivity index (χ1n) is 4.93. The molecule has 94 valence electrons. The van der Waals surface area contributed by atoms with Gasteiger partial charge in [-0.3, -0.25) is 4.57 Å². The first-order valence-corrected chi connectivity index (χ1v) is 9.31. The Labute approximate surface area is 104 Å². The number of carbonyl (C=O) groups excluding carboxylic acids is 1. The largest absolute Gasteiger partial charge is 0.433 e. The number of hydrogen-bond acceptors (Lipinski definition) is 5. The van der Waals surface area contributed by atoms with Crippen molar-refractivity contribution in [2.45, 2.75) is 31.0 Å². The van der Waals surface area contributed by atoms with Crippen LogP contribution in [0, 0.1) is 0 Å². The molecule has 0 aromatic rings. The summed E-state index contributed by atoms with van der Waals surface area (Å²) in [5.41, 5.74) is -0.342. The number of hydrogen-bond donors (Lipinski definition) is 1. The second kappa shape index (κ2) is 5.67. The quantitative estimate of drug-likeness (QED) is 0.783. The first-order chi connectivity index (χ1) is 7.40. The zero-order valence-electron chi connectivity index (χ0n) is 9.45. The van der Waals surface area contributed by atoms with Crippen LogP contribution in [0.25, 0.3) is 0 Å². The summed E-state index contributed by atoms with van der Waals surface area (Å²) in [6.45, 7) is 0.318. The van der Waals surface area contributed by atoms with Gasteiger partial charge in [0.15, 0.2) is 5.44 Å². The topological polar surface area (TPSA) is 66.8 Å². The number of cyclic esters (lactones) is 1. The maximum absolute atomic E-state index is 12.0. The summed E-state index contributed by atoms with van der Waals surface area (Å²) in [5, 5.41) is 0.0389. The van der Waals surface area contributed by atoms with E-state index in [-0.39, 0.29) is 17.2 Å². The minimum absolute atomic E-state index is 0.0389. The van der Waals surface area contributed by atoms with Gasteiger partial charge >= 0.3 is 12.8 Å². The van der Waals surface area contributed by atoms with E-state index in [0.717, 1.165) is 22.5 Å². The Morgan fingerprint density at radius 1 is 1.75 bits per heavy atom. The van der Waals surface area contributed by atoms with Crippen LogP contribution in [-0.4, -0.2) is 39.1 Å². The number of ether oxygens (including phenoxy) is 1. The fourth-order valence-corrected chi connectivity index (χ4v) is 5.64. The molecule has 0 bridgehead atoms. The van der Waals surface area contributed by atoms with Gasteiger partial charge in [0.1, 0.15) is 0 Å². The van der Waals surface area contributed by atoms with Gasteiger partial charge in [0.2, 0.25) is 0 Å². The zero-order chi connectivity index (χ0) is 12.3. The summed E-state index contributed by atoms with van der Waals surface area (Å²) in [5.74, 6) is 0. The van der Waals surface area contributed by atoms with Gasteiger partial charge in [0, 0.05) is 5.25 Å². The molecule has 1 rings (SSSR count). The van der Waals surface area contributed by atoms with Gasteiger partial charge in [0.25, 0.3) is 0 Å². The standard InChI is InChI=1S/C8H16NO4PS2/c1-4-6(2)16-14(11,12)9-5-7(15-3)13-8(9)10/h6-7H,4-5H2,1-3H3,(H,11,12). The van der Waals surface area contributed by atoms with Crippen molar-refractivity contribution in [3.05, 3.63) is 0 Å². The molecule has 3 unspecified atom stereocenters. The SMILES string of the molecule is CCC(C)SP(=O)(O)N1CC(SC)OC1=O. The molecular formula is C8H16NO4PS2. The Bertz CT molecular complexity index is 314. The van der Waals surface area contributed by atoms with Crippen LogP contribution in [0.5, 0.6) is 0 Å². The Kier molecular flexibility index (Phi) is 5.04. The molecule has 16 heavy (non-hydrogen) atoms. The summed E-state index contributed by atoms with van der Waals surface area (Å²) in [4.78, 5) is 21.2. The number of rotatable bonds is 5. The second-order valence-corrected chi connectivity index (χ2v) is 8.98. The third-order valence-corrected chi connectivity index (χ3v) is 7.40. The third-order valence-electron chi connectivity index (χ3n) is 2.23. The molecule has 0 aliphatic carbocycles. The number of amides is 1. The highest BCUT2D eigenvalue weighted by Gasteiger charge is 2.43. The molecule has 1 amide bonds. The van der Waals surface area contributed by atoms with Gasteiger partial charge in [-0.05, 0) is 24.1 Å². The van der Waals surface area contributed by atoms with Gasteiger partial charge in [-0.1, -0.05) is 13.8 Å². The van der Waals surface area contributed by atoms with Crippen molar-refractivity contribution < 1.29 is 19.0 Å². The lowest BCUT2D eigenvalue weighted by molar-refractivity contribution is 0.162. The molecule has 5 nitrogen and oxygen atoms in total. The summed E-state index contributed by atoms with van der Waals surface area (Å²) in [6, 6.07) is 0. The third kappa shape index (κ3) is 3.32. The van der Waals surface area contributed by atoms with Crippen LogP contribution in [0.3, 0.4) is 0 Å². The van der Waals surface area contributed by atoms with Crippen molar-refractivity contribution >= 4 is 36.0 Å². The summed E-state index contributed by atoms with van der Waals surface area (Å²) >= 11 is 2.30. The van der Waals surface area contributed by atoms with E-state index in [1.165, 1.54) is 11.8 Å². The van der Waals surface area contributed by atoms with Crippen molar-refractivity contribution in [1.82, 2.24) is 4.67 Å². The van der Waals surface area contributed by atoms with E-state index in [0.29, 0.717) is 0 Å². The minimum atomic E-state index is -3.66. The Morgan fingerprint density at radius 3 is 2.81 bits per heavy atom. The Hall–Kier alpha value is 0.160. The zero-order valence-corrected chi connectivity index (χ0v) is 12.0. The summed E-state index contributed by atoms with van der Waals surface area (Å²) in [6.07, 6.45) is 1.89. The highest BCUT2D eigenvalue weighted by molar-refractivity contribution is 8.56. The first kappa shape index (κ1) is 14.2. The van der Waals surface area contributed by atoms with E-state index >= 15 is 0 Å². The lowest BCUT2D eigenvalue weighted by Crippen LogP contribution is -2.20. The van der Waals surface area contributed by atoms with E-state index in [1.54, 1.807) is 6.26 Å². The smallest absolute Gasteiger partial charge is 0.418 e. The maximum Gasteiger partial charge on any atom is 0.418 e. The van der Waals surface area contributed by atoms with Gasteiger partial charge in [-0.2, -0.15) is 0 Å². The van der Waals surface area contributed by atoms with Crippen LogP contribution in [-0.2, 0) is 9.30 Å². The Balaban J connectivity index is 2.69. The van der Waals surface area contributed by atoms with Crippen LogP contribution in [0.2, 0.25) is 0 Å². The fourth-order valence-electron chi connectivity index (χ4n) is 1.12. The average Bonchev–Trinajstić information content (AvgIpc) is 2.59. The highest BCUT2D eigenvalue weighted by atomic mass is 32.7. The fraction of sp³-hybridized carbons (Fsp3) is 0.875. The summed E-state index contributed by atoms with van der Waals surface area (Å²) < 4.78 is 17.9. The van der Waals surface area contributed by atoms with E-state index in [2.05, 4.69) is 0 Å². The highest BCUT2D eigenvalue weighted by Crippen LogP contribution is 2.61. The van der Waals surface area contributed by atoms with Crippen LogP contribution in [0.1, 0.15) is 20.3 Å². The molecule has 1 heterocycles. The minimum Gasteiger partial charge on any atom is -0.433 e. The predicted octanol–water partition coefficient (Wildman–Crippen LogP) is 2.76. The monoisotopic (exact) mass is 285 g/mol. The van der Waals surface area contributed by atoms with Crippen LogP contribution >= 0.6 is 29.9 Å². The second-order valence-electron chi connectivity index (χ2n) is 3.45. The molecule has 0 spiro atoms. The molecule has 1 N–H and O–H groups in total. The van der Waals surface area contributed by atoms with Crippen molar-refractivity contribution in [2.75, 3.05) is 12.8 Å². The molecule has 1 fully saturated rings. The van der Waals surface area contributed by atoms with E-state index < -0.39 is 12.8 Å². The van der Waals surface area contributed by atoms with E-state index in [1.807, 2.05) is 13.8 Å². The molecule has 0 aromatic carbocycles. The lowest BCUT2D eigenvalue weighted by atomic mass is 10.4. The van der Waals surface area contributed by atoms with Gasteiger partial charge in [-0.15, -0.1) is 11.8 Å². The molecule has 1 aliphatic rings. The molecule has 3 atom stereocenters. The average molecular weight is 285 g/mol. The number of nitrogens with zero attached hydrogens (tertiary/aromatic N) is 1. The maximum atomic E-state index is 12.0. The molecule has 1 saturated heterocycles. The van der Waals surface area contributed by atoms with Crippen molar-refractivity contribution in [3.8, 4) is 0 Å². The van der Waals surface area contributed by atoms with Crippen LogP contribution in [0.15, 0.2) is 0 Å². The normalized spacial score (nSPS) is 26.4. The lowest BCUT2D eigenvalue weighted by Gasteiger charge is -2.21.